The van der Waals surface area contributed by atoms with Gasteiger partial charge in [-0.05, 0) is 46.5 Å². The van der Waals surface area contributed by atoms with Crippen molar-refractivity contribution in [2.45, 2.75) is 71.4 Å². The number of halogens is 1. The van der Waals surface area contributed by atoms with Gasteiger partial charge >= 0.3 is 6.09 Å². The lowest BCUT2D eigenvalue weighted by Crippen LogP contribution is -2.57. The summed E-state index contributed by atoms with van der Waals surface area (Å²) in [5.74, 6) is 0.720. The predicted molar refractivity (Wildman–Crippen MR) is 129 cm³/mol. The van der Waals surface area contributed by atoms with E-state index in [2.05, 4.69) is 34.8 Å². The van der Waals surface area contributed by atoms with Crippen molar-refractivity contribution in [3.8, 4) is 0 Å². The highest BCUT2D eigenvalue weighted by molar-refractivity contribution is 14.0. The standard InChI is InChI=1S/C20H42N4O4.HI/c1-8-20(9-2,24-18(25)28-19(3,4)5)16-23-17(21-6)22-12-10-11-13-27-15-14-26-7;/h8-16H2,1-7H3,(H,24,25)(H2,21,22,23);1H. The SMILES string of the molecule is CCC(CC)(CNC(=NC)NCCCCOCCOC)NC(=O)OC(C)(C)C.I. The van der Waals surface area contributed by atoms with Crippen LogP contribution in [-0.2, 0) is 14.2 Å². The molecule has 0 heterocycles. The third kappa shape index (κ3) is 15.7. The molecule has 0 bridgehead atoms. The molecule has 0 rings (SSSR count). The lowest BCUT2D eigenvalue weighted by Gasteiger charge is -2.34. The Bertz CT molecular complexity index is 452. The second kappa shape index (κ2) is 16.9. The van der Waals surface area contributed by atoms with Gasteiger partial charge in [0.25, 0.3) is 0 Å². The zero-order chi connectivity index (χ0) is 21.5. The third-order valence-corrected chi connectivity index (χ3v) is 4.38. The fourth-order valence-corrected chi connectivity index (χ4v) is 2.49. The molecule has 174 valence electrons. The molecule has 0 saturated carbocycles. The van der Waals surface area contributed by atoms with Gasteiger partial charge in [-0.2, -0.15) is 0 Å². The number of alkyl carbamates (subject to hydrolysis) is 1. The van der Waals surface area contributed by atoms with Gasteiger partial charge in [-0.3, -0.25) is 4.99 Å². The van der Waals surface area contributed by atoms with Crippen LogP contribution in [0.3, 0.4) is 0 Å². The van der Waals surface area contributed by atoms with Crippen LogP contribution in [0.15, 0.2) is 4.99 Å². The molecule has 0 aliphatic heterocycles. The summed E-state index contributed by atoms with van der Waals surface area (Å²) >= 11 is 0. The van der Waals surface area contributed by atoms with Crippen LogP contribution in [0, 0.1) is 0 Å². The summed E-state index contributed by atoms with van der Waals surface area (Å²) in [6, 6.07) is 0. The first-order valence-corrected chi connectivity index (χ1v) is 10.2. The third-order valence-electron chi connectivity index (χ3n) is 4.38. The highest BCUT2D eigenvalue weighted by Gasteiger charge is 2.30. The van der Waals surface area contributed by atoms with Crippen LogP contribution in [0.2, 0.25) is 0 Å². The summed E-state index contributed by atoms with van der Waals surface area (Å²) in [7, 11) is 3.41. The topological polar surface area (TPSA) is 93.2 Å². The predicted octanol–water partition coefficient (Wildman–Crippen LogP) is 3.30. The van der Waals surface area contributed by atoms with Crippen molar-refractivity contribution in [2.75, 3.05) is 47.1 Å². The van der Waals surface area contributed by atoms with E-state index < -0.39 is 17.2 Å². The average molecular weight is 530 g/mol. The Morgan fingerprint density at radius 1 is 1.00 bits per heavy atom. The Hall–Kier alpha value is -0.810. The monoisotopic (exact) mass is 530 g/mol. The lowest BCUT2D eigenvalue weighted by atomic mass is 9.93. The van der Waals surface area contributed by atoms with E-state index >= 15 is 0 Å². The van der Waals surface area contributed by atoms with E-state index in [1.54, 1.807) is 14.2 Å². The van der Waals surface area contributed by atoms with Gasteiger partial charge in [-0.1, -0.05) is 13.8 Å². The molecule has 9 heteroatoms. The number of aliphatic imine (C=N–C) groups is 1. The van der Waals surface area contributed by atoms with Crippen molar-refractivity contribution in [3.63, 3.8) is 0 Å². The Morgan fingerprint density at radius 2 is 1.66 bits per heavy atom. The largest absolute Gasteiger partial charge is 0.444 e. The summed E-state index contributed by atoms with van der Waals surface area (Å²) in [5, 5.41) is 9.65. The average Bonchev–Trinajstić information content (AvgIpc) is 2.63. The summed E-state index contributed by atoms with van der Waals surface area (Å²) in [6.07, 6.45) is 3.13. The summed E-state index contributed by atoms with van der Waals surface area (Å²) < 4.78 is 15.8. The molecule has 3 N–H and O–H groups in total. The molecule has 1 amide bonds. The Balaban J connectivity index is 0. The van der Waals surface area contributed by atoms with Crippen LogP contribution in [-0.4, -0.2) is 70.3 Å². The molecule has 0 aromatic carbocycles. The number of methoxy groups -OCH3 is 1. The van der Waals surface area contributed by atoms with Crippen LogP contribution in [0.1, 0.15) is 60.3 Å². The van der Waals surface area contributed by atoms with Gasteiger partial charge in [-0.25, -0.2) is 4.79 Å². The zero-order valence-electron chi connectivity index (χ0n) is 19.4. The summed E-state index contributed by atoms with van der Waals surface area (Å²) in [6.45, 7) is 13.1. The minimum absolute atomic E-state index is 0. The molecule has 29 heavy (non-hydrogen) atoms. The van der Waals surface area contributed by atoms with Gasteiger partial charge in [0.15, 0.2) is 5.96 Å². The van der Waals surface area contributed by atoms with Crippen LogP contribution < -0.4 is 16.0 Å². The molecule has 0 unspecified atom stereocenters. The minimum Gasteiger partial charge on any atom is -0.444 e. The van der Waals surface area contributed by atoms with Gasteiger partial charge in [-0.15, -0.1) is 24.0 Å². The molecule has 0 aromatic rings. The molecule has 0 atom stereocenters. The van der Waals surface area contributed by atoms with Crippen LogP contribution in [0.25, 0.3) is 0 Å². The normalized spacial score (nSPS) is 12.2. The molecule has 0 aromatic heterocycles. The molecule has 0 aliphatic carbocycles. The van der Waals surface area contributed by atoms with E-state index in [1.807, 2.05) is 20.8 Å². The number of carbonyl (C=O) groups is 1. The van der Waals surface area contributed by atoms with E-state index in [4.69, 9.17) is 14.2 Å². The maximum atomic E-state index is 12.2. The molecule has 0 radical (unpaired) electrons. The fraction of sp³-hybridized carbons (Fsp3) is 0.900. The van der Waals surface area contributed by atoms with E-state index in [9.17, 15) is 4.79 Å². The Kier molecular flexibility index (Phi) is 17.7. The smallest absolute Gasteiger partial charge is 0.408 e. The van der Waals surface area contributed by atoms with Crippen LogP contribution in [0.5, 0.6) is 0 Å². The Labute approximate surface area is 194 Å². The number of guanidine groups is 1. The minimum atomic E-state index is -0.518. The molecular weight excluding hydrogens is 487 g/mol. The number of carbonyl (C=O) groups excluding carboxylic acids is 1. The number of unbranched alkanes of at least 4 members (excludes halogenated alkanes) is 1. The number of ether oxygens (including phenoxy) is 3. The Morgan fingerprint density at radius 3 is 2.17 bits per heavy atom. The number of hydrogen-bond donors (Lipinski definition) is 3. The molecule has 0 aliphatic rings. The second-order valence-corrected chi connectivity index (χ2v) is 7.78. The van der Waals surface area contributed by atoms with Gasteiger partial charge in [0, 0.05) is 33.9 Å². The highest BCUT2D eigenvalue weighted by atomic mass is 127. The molecule has 8 nitrogen and oxygen atoms in total. The zero-order valence-corrected chi connectivity index (χ0v) is 21.7. The van der Waals surface area contributed by atoms with E-state index in [0.717, 1.165) is 44.8 Å². The van der Waals surface area contributed by atoms with Crippen molar-refractivity contribution < 1.29 is 19.0 Å². The van der Waals surface area contributed by atoms with Crippen molar-refractivity contribution in [1.29, 1.82) is 0 Å². The number of hydrogen-bond acceptors (Lipinski definition) is 5. The molecular formula is C20H43IN4O4. The first-order chi connectivity index (χ1) is 13.2. The first-order valence-electron chi connectivity index (χ1n) is 10.2. The van der Waals surface area contributed by atoms with E-state index in [-0.39, 0.29) is 24.0 Å². The van der Waals surface area contributed by atoms with E-state index in [1.165, 1.54) is 0 Å². The summed E-state index contributed by atoms with van der Waals surface area (Å²) in [4.78, 5) is 16.5. The van der Waals surface area contributed by atoms with Crippen molar-refractivity contribution >= 4 is 36.0 Å². The van der Waals surface area contributed by atoms with E-state index in [0.29, 0.717) is 19.8 Å². The fourth-order valence-electron chi connectivity index (χ4n) is 2.49. The van der Waals surface area contributed by atoms with Gasteiger partial charge in [0.1, 0.15) is 5.60 Å². The number of nitrogens with one attached hydrogen (secondary N) is 3. The van der Waals surface area contributed by atoms with Crippen molar-refractivity contribution in [3.05, 3.63) is 0 Å². The molecule has 0 spiro atoms. The molecule has 0 saturated heterocycles. The lowest BCUT2D eigenvalue weighted by molar-refractivity contribution is 0.0448. The maximum absolute atomic E-state index is 12.2. The van der Waals surface area contributed by atoms with Crippen molar-refractivity contribution in [2.24, 2.45) is 4.99 Å². The maximum Gasteiger partial charge on any atom is 0.408 e. The summed E-state index contributed by atoms with van der Waals surface area (Å²) in [5.41, 5.74) is -0.912. The van der Waals surface area contributed by atoms with Crippen LogP contribution in [0.4, 0.5) is 4.79 Å². The van der Waals surface area contributed by atoms with Crippen molar-refractivity contribution in [1.82, 2.24) is 16.0 Å². The second-order valence-electron chi connectivity index (χ2n) is 7.78. The van der Waals surface area contributed by atoms with Crippen LogP contribution >= 0.6 is 24.0 Å². The first kappa shape index (κ1) is 30.4. The number of amides is 1. The highest BCUT2D eigenvalue weighted by Crippen LogP contribution is 2.16. The van der Waals surface area contributed by atoms with Gasteiger partial charge in [0.05, 0.1) is 18.8 Å². The number of rotatable bonds is 13. The number of nitrogens with zero attached hydrogens (tertiary/aromatic N) is 1. The molecule has 0 fully saturated rings. The van der Waals surface area contributed by atoms with Gasteiger partial charge < -0.3 is 30.2 Å². The van der Waals surface area contributed by atoms with Gasteiger partial charge in [0.2, 0.25) is 0 Å². The quantitative estimate of drug-likeness (QED) is 0.147.